The molecule has 4 aromatic rings. The van der Waals surface area contributed by atoms with Crippen LogP contribution in [0.5, 0.6) is 5.75 Å². The maximum atomic E-state index is 12.1. The second-order valence-corrected chi connectivity index (χ2v) is 8.76. The number of nitrogens with zero attached hydrogens (tertiary/aromatic N) is 2. The maximum Gasteiger partial charge on any atom is 0.344 e. The van der Waals surface area contributed by atoms with Gasteiger partial charge in [0.1, 0.15) is 22.0 Å². The van der Waals surface area contributed by atoms with E-state index in [-0.39, 0.29) is 13.2 Å². The smallest absolute Gasteiger partial charge is 0.344 e. The summed E-state index contributed by atoms with van der Waals surface area (Å²) in [4.78, 5) is 34.6. The fourth-order valence-electron chi connectivity index (χ4n) is 3.93. The third kappa shape index (κ3) is 4.16. The number of benzene rings is 1. The van der Waals surface area contributed by atoms with E-state index in [2.05, 4.69) is 9.97 Å². The summed E-state index contributed by atoms with van der Waals surface area (Å²) >= 11 is 1.66. The summed E-state index contributed by atoms with van der Waals surface area (Å²) in [6, 6.07) is 8.00. The number of aromatic nitrogens is 2. The standard InChI is InChI=1S/C23H21N3O5S/c24-22-21-15-4-2-1-3-5-17(15)32-23(21)26-18(25-22)11-30-20(28)12-29-14-8-6-13-7-9-19(27)31-16(13)10-14/h6-10H,1-5,11-12H2,(H2,24,25,26). The molecule has 1 aliphatic carbocycles. The first-order valence-electron chi connectivity index (χ1n) is 10.5. The summed E-state index contributed by atoms with van der Waals surface area (Å²) in [6.07, 6.45) is 5.62. The summed E-state index contributed by atoms with van der Waals surface area (Å²) in [7, 11) is 0. The van der Waals surface area contributed by atoms with Crippen LogP contribution in [-0.4, -0.2) is 22.5 Å². The van der Waals surface area contributed by atoms with Crippen molar-refractivity contribution in [2.75, 3.05) is 12.3 Å². The lowest BCUT2D eigenvalue weighted by molar-refractivity contribution is -0.147. The Labute approximate surface area is 187 Å². The molecule has 1 aromatic carbocycles. The molecule has 0 saturated heterocycles. The van der Waals surface area contributed by atoms with Gasteiger partial charge in [-0.3, -0.25) is 0 Å². The molecule has 32 heavy (non-hydrogen) atoms. The first-order chi connectivity index (χ1) is 15.6. The largest absolute Gasteiger partial charge is 0.482 e. The molecule has 0 amide bonds. The average Bonchev–Trinajstić information content (AvgIpc) is 2.97. The monoisotopic (exact) mass is 451 g/mol. The van der Waals surface area contributed by atoms with Crippen LogP contribution in [0, 0.1) is 0 Å². The molecule has 0 radical (unpaired) electrons. The predicted molar refractivity (Wildman–Crippen MR) is 121 cm³/mol. The fourth-order valence-corrected chi connectivity index (χ4v) is 5.22. The number of hydrogen-bond donors (Lipinski definition) is 1. The molecule has 0 bridgehead atoms. The van der Waals surface area contributed by atoms with Crippen LogP contribution in [-0.2, 0) is 29.0 Å². The quantitative estimate of drug-likeness (QED) is 0.277. The van der Waals surface area contributed by atoms with E-state index in [4.69, 9.17) is 19.6 Å². The number of esters is 1. The number of nitrogens with two attached hydrogens (primary N) is 1. The third-order valence-electron chi connectivity index (χ3n) is 5.45. The first-order valence-corrected chi connectivity index (χ1v) is 11.3. The van der Waals surface area contributed by atoms with E-state index in [9.17, 15) is 9.59 Å². The Morgan fingerprint density at radius 3 is 2.88 bits per heavy atom. The molecule has 9 heteroatoms. The second kappa shape index (κ2) is 8.58. The van der Waals surface area contributed by atoms with Gasteiger partial charge in [-0.15, -0.1) is 11.3 Å². The van der Waals surface area contributed by atoms with E-state index < -0.39 is 11.6 Å². The van der Waals surface area contributed by atoms with Gasteiger partial charge >= 0.3 is 11.6 Å². The summed E-state index contributed by atoms with van der Waals surface area (Å²) in [5.74, 6) is 0.635. The van der Waals surface area contributed by atoms with Gasteiger partial charge in [0.2, 0.25) is 0 Å². The third-order valence-corrected chi connectivity index (χ3v) is 6.64. The van der Waals surface area contributed by atoms with Gasteiger partial charge in [-0.25, -0.2) is 19.6 Å². The van der Waals surface area contributed by atoms with Gasteiger partial charge in [0.05, 0.1) is 5.39 Å². The Hall–Kier alpha value is -3.46. The SMILES string of the molecule is Nc1nc(COC(=O)COc2ccc3ccc(=O)oc3c2)nc2sc3c(c12)CCCCC3. The first kappa shape index (κ1) is 20.4. The van der Waals surface area contributed by atoms with Crippen molar-refractivity contribution in [1.29, 1.82) is 0 Å². The number of ether oxygens (including phenoxy) is 2. The topological polar surface area (TPSA) is 118 Å². The van der Waals surface area contributed by atoms with E-state index in [1.54, 1.807) is 35.6 Å². The van der Waals surface area contributed by atoms with Crippen molar-refractivity contribution in [2.45, 2.75) is 38.7 Å². The van der Waals surface area contributed by atoms with E-state index in [1.165, 1.54) is 29.3 Å². The van der Waals surface area contributed by atoms with Crippen LogP contribution in [0.3, 0.4) is 0 Å². The summed E-state index contributed by atoms with van der Waals surface area (Å²) in [5, 5.41) is 1.71. The number of hydrogen-bond acceptors (Lipinski definition) is 9. The van der Waals surface area contributed by atoms with E-state index >= 15 is 0 Å². The Balaban J connectivity index is 1.23. The minimum absolute atomic E-state index is 0.0858. The highest BCUT2D eigenvalue weighted by molar-refractivity contribution is 7.19. The van der Waals surface area contributed by atoms with Crippen LogP contribution in [0.15, 0.2) is 39.5 Å². The summed E-state index contributed by atoms with van der Waals surface area (Å²) in [6.45, 7) is -0.384. The van der Waals surface area contributed by atoms with Crippen LogP contribution in [0.25, 0.3) is 21.2 Å². The molecule has 0 spiro atoms. The molecular weight excluding hydrogens is 430 g/mol. The van der Waals surface area contributed by atoms with Crippen molar-refractivity contribution in [3.8, 4) is 5.75 Å². The van der Waals surface area contributed by atoms with Crippen molar-refractivity contribution in [3.05, 3.63) is 57.0 Å². The van der Waals surface area contributed by atoms with Crippen LogP contribution in [0.2, 0.25) is 0 Å². The summed E-state index contributed by atoms with van der Waals surface area (Å²) < 4.78 is 15.9. The van der Waals surface area contributed by atoms with E-state index in [0.717, 1.165) is 34.9 Å². The zero-order valence-corrected chi connectivity index (χ0v) is 18.1. The Morgan fingerprint density at radius 1 is 1.12 bits per heavy atom. The van der Waals surface area contributed by atoms with Crippen LogP contribution >= 0.6 is 11.3 Å². The molecule has 1 aliphatic rings. The zero-order chi connectivity index (χ0) is 22.1. The highest BCUT2D eigenvalue weighted by Gasteiger charge is 2.19. The van der Waals surface area contributed by atoms with Gasteiger partial charge in [-0.1, -0.05) is 6.42 Å². The minimum Gasteiger partial charge on any atom is -0.482 e. The van der Waals surface area contributed by atoms with E-state index in [0.29, 0.717) is 23.0 Å². The molecule has 2 N–H and O–H groups in total. The molecule has 8 nitrogen and oxygen atoms in total. The number of carbonyl (C=O) groups is 1. The van der Waals surface area contributed by atoms with Crippen LogP contribution in [0.4, 0.5) is 5.82 Å². The lowest BCUT2D eigenvalue weighted by Crippen LogP contribution is -2.16. The van der Waals surface area contributed by atoms with Gasteiger partial charge in [0, 0.05) is 22.4 Å². The highest BCUT2D eigenvalue weighted by atomic mass is 32.1. The predicted octanol–water partition coefficient (Wildman–Crippen LogP) is 3.77. The Kier molecular flexibility index (Phi) is 5.48. The number of nitrogen functional groups attached to an aromatic ring is 1. The Bertz CT molecular complexity index is 1380. The van der Waals surface area contributed by atoms with Crippen molar-refractivity contribution in [1.82, 2.24) is 9.97 Å². The zero-order valence-electron chi connectivity index (χ0n) is 17.3. The average molecular weight is 452 g/mol. The molecule has 164 valence electrons. The molecule has 5 rings (SSSR count). The lowest BCUT2D eigenvalue weighted by atomic mass is 10.1. The molecule has 0 fully saturated rings. The molecule has 0 atom stereocenters. The molecule has 0 unspecified atom stereocenters. The minimum atomic E-state index is -0.566. The van der Waals surface area contributed by atoms with Crippen molar-refractivity contribution >= 4 is 44.3 Å². The normalized spacial score (nSPS) is 13.6. The lowest BCUT2D eigenvalue weighted by Gasteiger charge is -2.08. The van der Waals surface area contributed by atoms with Crippen molar-refractivity contribution < 1.29 is 18.7 Å². The van der Waals surface area contributed by atoms with Crippen molar-refractivity contribution in [3.63, 3.8) is 0 Å². The Morgan fingerprint density at radius 2 is 1.97 bits per heavy atom. The molecular formula is C23H21N3O5S. The van der Waals surface area contributed by atoms with Gasteiger partial charge in [0.15, 0.2) is 19.0 Å². The van der Waals surface area contributed by atoms with Crippen molar-refractivity contribution in [2.24, 2.45) is 0 Å². The molecule has 3 aromatic heterocycles. The summed E-state index contributed by atoms with van der Waals surface area (Å²) in [5.41, 5.74) is 7.45. The van der Waals surface area contributed by atoms with Gasteiger partial charge in [-0.05, 0) is 49.4 Å². The number of rotatable bonds is 5. The molecule has 3 heterocycles. The van der Waals surface area contributed by atoms with Crippen LogP contribution in [0.1, 0.15) is 35.5 Å². The van der Waals surface area contributed by atoms with Gasteiger partial charge in [0.25, 0.3) is 0 Å². The van der Waals surface area contributed by atoms with Gasteiger partial charge < -0.3 is 19.6 Å². The highest BCUT2D eigenvalue weighted by Crippen LogP contribution is 2.37. The number of aryl methyl sites for hydroxylation is 2. The molecule has 0 aliphatic heterocycles. The maximum absolute atomic E-state index is 12.1. The van der Waals surface area contributed by atoms with Gasteiger partial charge in [-0.2, -0.15) is 0 Å². The fraction of sp³-hybridized carbons (Fsp3) is 0.304. The number of carbonyl (C=O) groups excluding carboxylic acids is 1. The van der Waals surface area contributed by atoms with Crippen LogP contribution < -0.4 is 16.1 Å². The number of fused-ring (bicyclic) bond motifs is 4. The second-order valence-electron chi connectivity index (χ2n) is 7.67. The number of thiophene rings is 1. The number of anilines is 1. The van der Waals surface area contributed by atoms with E-state index in [1.807, 2.05) is 0 Å². The molecule has 0 saturated carbocycles.